The summed E-state index contributed by atoms with van der Waals surface area (Å²) in [6, 6.07) is 18.6. The van der Waals surface area contributed by atoms with E-state index in [1.54, 1.807) is 12.1 Å². The van der Waals surface area contributed by atoms with Gasteiger partial charge in [-0.1, -0.05) is 12.1 Å². The van der Waals surface area contributed by atoms with Gasteiger partial charge in [-0.25, -0.2) is 0 Å². The number of nitro groups is 1. The molecule has 3 aromatic rings. The third-order valence-corrected chi connectivity index (χ3v) is 5.28. The molecule has 0 unspecified atom stereocenters. The highest BCUT2D eigenvalue weighted by molar-refractivity contribution is 9.11. The molecule has 1 N–H and O–H groups in total. The molecule has 0 aromatic heterocycles. The Bertz CT molecular complexity index is 968. The van der Waals surface area contributed by atoms with Crippen molar-refractivity contribution in [2.24, 2.45) is 0 Å². The highest BCUT2D eigenvalue weighted by Gasteiger charge is 2.11. The number of nitro benzene ring substituents is 1. The molecule has 0 saturated heterocycles. The second-order valence-corrected chi connectivity index (χ2v) is 8.03. The van der Waals surface area contributed by atoms with Gasteiger partial charge < -0.3 is 10.1 Å². The molecule has 0 spiro atoms. The number of hydrogen-bond donors (Lipinski definition) is 1. The van der Waals surface area contributed by atoms with E-state index in [9.17, 15) is 10.1 Å². The van der Waals surface area contributed by atoms with E-state index >= 15 is 0 Å². The van der Waals surface area contributed by atoms with Crippen LogP contribution in [0, 0.1) is 17.0 Å². The van der Waals surface area contributed by atoms with E-state index in [1.807, 2.05) is 24.3 Å². The molecule has 0 fully saturated rings. The summed E-state index contributed by atoms with van der Waals surface area (Å²) in [7, 11) is 0. The Kier molecular flexibility index (Phi) is 6.70. The fourth-order valence-corrected chi connectivity index (χ4v) is 4.19. The average Bonchev–Trinajstić information content (AvgIpc) is 2.66. The van der Waals surface area contributed by atoms with Gasteiger partial charge in [0.1, 0.15) is 12.4 Å². The normalized spacial score (nSPS) is 10.5. The molecule has 0 aliphatic carbocycles. The molecule has 0 atom stereocenters. The number of halogens is 2. The molecule has 28 heavy (non-hydrogen) atoms. The van der Waals surface area contributed by atoms with Gasteiger partial charge in [0.2, 0.25) is 0 Å². The van der Waals surface area contributed by atoms with Gasteiger partial charge in [0.05, 0.1) is 13.9 Å². The van der Waals surface area contributed by atoms with Gasteiger partial charge in [-0.05, 0) is 91.9 Å². The highest BCUT2D eigenvalue weighted by Crippen LogP contribution is 2.35. The van der Waals surface area contributed by atoms with Crippen LogP contribution in [0.25, 0.3) is 0 Å². The Morgan fingerprint density at radius 3 is 2.29 bits per heavy atom. The van der Waals surface area contributed by atoms with Crippen LogP contribution in [0.15, 0.2) is 69.6 Å². The molecule has 0 aliphatic heterocycles. The summed E-state index contributed by atoms with van der Waals surface area (Å²) >= 11 is 7.14. The number of ether oxygens (including phenoxy) is 1. The van der Waals surface area contributed by atoms with Crippen LogP contribution >= 0.6 is 31.9 Å². The van der Waals surface area contributed by atoms with Crippen molar-refractivity contribution in [1.29, 1.82) is 0 Å². The molecular formula is C21H18Br2N2O3. The van der Waals surface area contributed by atoms with Gasteiger partial charge in [-0.2, -0.15) is 0 Å². The highest BCUT2D eigenvalue weighted by atomic mass is 79.9. The van der Waals surface area contributed by atoms with Crippen LogP contribution in [0.4, 0.5) is 11.4 Å². The molecular weight excluding hydrogens is 488 g/mol. The van der Waals surface area contributed by atoms with Crippen molar-refractivity contribution in [3.8, 4) is 5.75 Å². The lowest BCUT2D eigenvalue weighted by Gasteiger charge is -2.13. The predicted octanol–water partition coefficient (Wildman–Crippen LogP) is 6.62. The van der Waals surface area contributed by atoms with Crippen LogP contribution in [-0.4, -0.2) is 4.92 Å². The zero-order chi connectivity index (χ0) is 20.1. The first-order valence-corrected chi connectivity index (χ1v) is 10.2. The summed E-state index contributed by atoms with van der Waals surface area (Å²) < 4.78 is 7.58. The Balaban J connectivity index is 1.65. The van der Waals surface area contributed by atoms with Crippen molar-refractivity contribution in [3.63, 3.8) is 0 Å². The topological polar surface area (TPSA) is 64.4 Å². The van der Waals surface area contributed by atoms with E-state index in [2.05, 4.69) is 56.2 Å². The van der Waals surface area contributed by atoms with E-state index in [4.69, 9.17) is 4.74 Å². The van der Waals surface area contributed by atoms with Crippen LogP contribution in [0.1, 0.15) is 16.7 Å². The SMILES string of the molecule is Cc1cccc(NCc2cc(Br)c(OCc3ccc([N+](=O)[O-])cc3)c(Br)c2)c1. The van der Waals surface area contributed by atoms with Crippen molar-refractivity contribution in [1.82, 2.24) is 0 Å². The number of rotatable bonds is 7. The Morgan fingerprint density at radius 2 is 1.68 bits per heavy atom. The molecule has 5 nitrogen and oxygen atoms in total. The Labute approximate surface area is 180 Å². The van der Waals surface area contributed by atoms with Crippen molar-refractivity contribution in [3.05, 3.63) is 96.4 Å². The number of non-ortho nitro benzene ring substituents is 1. The Morgan fingerprint density at radius 1 is 1.00 bits per heavy atom. The van der Waals surface area contributed by atoms with Gasteiger partial charge >= 0.3 is 0 Å². The van der Waals surface area contributed by atoms with E-state index in [1.165, 1.54) is 17.7 Å². The number of nitrogens with one attached hydrogen (secondary N) is 1. The standard InChI is InChI=1S/C21H18Br2N2O3/c1-14-3-2-4-17(9-14)24-12-16-10-19(22)21(20(23)11-16)28-13-15-5-7-18(8-6-15)25(26)27/h2-11,24H,12-13H2,1H3. The number of aryl methyl sites for hydroxylation is 1. The molecule has 0 radical (unpaired) electrons. The number of anilines is 1. The molecule has 3 aromatic carbocycles. The zero-order valence-electron chi connectivity index (χ0n) is 15.1. The summed E-state index contributed by atoms with van der Waals surface area (Å²) in [4.78, 5) is 10.3. The van der Waals surface area contributed by atoms with Gasteiger partial charge in [-0.15, -0.1) is 0 Å². The summed E-state index contributed by atoms with van der Waals surface area (Å²) in [5.41, 5.74) is 4.31. The predicted molar refractivity (Wildman–Crippen MR) is 118 cm³/mol. The average molecular weight is 506 g/mol. The summed E-state index contributed by atoms with van der Waals surface area (Å²) in [6.07, 6.45) is 0. The molecule has 0 bridgehead atoms. The summed E-state index contributed by atoms with van der Waals surface area (Å²) in [6.45, 7) is 3.06. The lowest BCUT2D eigenvalue weighted by Crippen LogP contribution is -2.02. The molecule has 7 heteroatoms. The molecule has 3 rings (SSSR count). The number of nitrogens with zero attached hydrogens (tertiary/aromatic N) is 1. The van der Waals surface area contributed by atoms with E-state index < -0.39 is 4.92 Å². The molecule has 0 heterocycles. The maximum atomic E-state index is 10.7. The van der Waals surface area contributed by atoms with Crippen molar-refractivity contribution in [2.45, 2.75) is 20.1 Å². The summed E-state index contributed by atoms with van der Waals surface area (Å²) in [5.74, 6) is 0.692. The van der Waals surface area contributed by atoms with E-state index in [0.717, 1.165) is 25.8 Å². The second kappa shape index (κ2) is 9.21. The minimum absolute atomic E-state index is 0.0663. The van der Waals surface area contributed by atoms with Crippen LogP contribution in [-0.2, 0) is 13.2 Å². The molecule has 0 saturated carbocycles. The van der Waals surface area contributed by atoms with Crippen LogP contribution in [0.3, 0.4) is 0 Å². The monoisotopic (exact) mass is 504 g/mol. The second-order valence-electron chi connectivity index (χ2n) is 6.32. The molecule has 0 aliphatic rings. The van der Waals surface area contributed by atoms with Crippen molar-refractivity contribution < 1.29 is 9.66 Å². The van der Waals surface area contributed by atoms with Crippen LogP contribution < -0.4 is 10.1 Å². The first-order valence-electron chi connectivity index (χ1n) is 8.57. The third-order valence-electron chi connectivity index (χ3n) is 4.10. The molecule has 144 valence electrons. The smallest absolute Gasteiger partial charge is 0.269 e. The van der Waals surface area contributed by atoms with Gasteiger partial charge in [0, 0.05) is 24.4 Å². The largest absolute Gasteiger partial charge is 0.487 e. The first-order chi connectivity index (χ1) is 13.4. The van der Waals surface area contributed by atoms with Gasteiger partial charge in [-0.3, -0.25) is 10.1 Å². The van der Waals surface area contributed by atoms with Gasteiger partial charge in [0.15, 0.2) is 0 Å². The minimum Gasteiger partial charge on any atom is -0.487 e. The van der Waals surface area contributed by atoms with Crippen LogP contribution in [0.2, 0.25) is 0 Å². The van der Waals surface area contributed by atoms with Gasteiger partial charge in [0.25, 0.3) is 5.69 Å². The number of hydrogen-bond acceptors (Lipinski definition) is 4. The first kappa shape index (κ1) is 20.4. The fraction of sp³-hybridized carbons (Fsp3) is 0.143. The lowest BCUT2D eigenvalue weighted by molar-refractivity contribution is -0.384. The third kappa shape index (κ3) is 5.33. The zero-order valence-corrected chi connectivity index (χ0v) is 18.3. The van der Waals surface area contributed by atoms with Crippen molar-refractivity contribution in [2.75, 3.05) is 5.32 Å². The maximum Gasteiger partial charge on any atom is 0.269 e. The maximum absolute atomic E-state index is 10.7. The lowest BCUT2D eigenvalue weighted by atomic mass is 10.2. The van der Waals surface area contributed by atoms with Crippen LogP contribution in [0.5, 0.6) is 5.75 Å². The van der Waals surface area contributed by atoms with E-state index in [-0.39, 0.29) is 5.69 Å². The fourth-order valence-electron chi connectivity index (χ4n) is 2.68. The summed E-state index contributed by atoms with van der Waals surface area (Å²) in [5, 5.41) is 14.1. The Hall–Kier alpha value is -2.38. The molecule has 0 amide bonds. The minimum atomic E-state index is -0.415. The quantitative estimate of drug-likeness (QED) is 0.289. The number of benzene rings is 3. The van der Waals surface area contributed by atoms with Crippen molar-refractivity contribution >= 4 is 43.2 Å². The van der Waals surface area contributed by atoms with E-state index in [0.29, 0.717) is 18.9 Å².